The fourth-order valence-electron chi connectivity index (χ4n) is 4.22. The Labute approximate surface area is 245 Å². The molecular weight excluding hydrogens is 589 g/mol. The molecule has 5 rings (SSSR count). The summed E-state index contributed by atoms with van der Waals surface area (Å²) in [6, 6.07) is 54.3. The average molecular weight is 623 g/mol. The van der Waals surface area contributed by atoms with Crippen LogP contribution in [0.2, 0.25) is 0 Å². The fourth-order valence-corrected chi connectivity index (χ4v) is 9.18. The van der Waals surface area contributed by atoms with Crippen molar-refractivity contribution in [1.29, 1.82) is 0 Å². The molecule has 0 aliphatic heterocycles. The zero-order valence-corrected chi connectivity index (χ0v) is 24.9. The quantitative estimate of drug-likeness (QED) is 0.116. The third-order valence-electron chi connectivity index (χ3n) is 6.07. The Morgan fingerprint density at radius 2 is 0.684 bits per heavy atom. The molecule has 0 saturated carbocycles. The van der Waals surface area contributed by atoms with Crippen molar-refractivity contribution in [3.63, 3.8) is 0 Å². The van der Waals surface area contributed by atoms with Gasteiger partial charge in [-0.15, -0.1) is 0 Å². The molecule has 0 radical (unpaired) electrons. The molecule has 0 aliphatic carbocycles. The molecule has 0 amide bonds. The Hall–Kier alpha value is -2.64. The van der Waals surface area contributed by atoms with Crippen LogP contribution >= 0.6 is 15.8 Å². The molecule has 0 aliphatic rings. The van der Waals surface area contributed by atoms with E-state index in [2.05, 4.69) is 128 Å². The summed E-state index contributed by atoms with van der Waals surface area (Å²) < 4.78 is 0. The van der Waals surface area contributed by atoms with Gasteiger partial charge in [-0.3, -0.25) is 0 Å². The number of benzene rings is 5. The van der Waals surface area contributed by atoms with Gasteiger partial charge in [0.1, 0.15) is 0 Å². The van der Waals surface area contributed by atoms with E-state index in [1.807, 2.05) is 36.4 Å². The molecule has 0 heterocycles. The summed E-state index contributed by atoms with van der Waals surface area (Å²) in [7, 11) is -0.618. The van der Waals surface area contributed by atoms with Crippen molar-refractivity contribution in [3.8, 4) is 0 Å². The summed E-state index contributed by atoms with van der Waals surface area (Å²) in [6.07, 6.45) is 5.55. The van der Waals surface area contributed by atoms with Crippen molar-refractivity contribution in [2.45, 2.75) is 6.42 Å². The molecule has 0 fully saturated rings. The van der Waals surface area contributed by atoms with Crippen LogP contribution in [0.4, 0.5) is 0 Å². The van der Waals surface area contributed by atoms with Gasteiger partial charge in [0, 0.05) is 20.4 Å². The second-order valence-electron chi connectivity index (χ2n) is 8.61. The van der Waals surface area contributed by atoms with Crippen LogP contribution in [0.15, 0.2) is 158 Å². The molecule has 0 unspecified atom stereocenters. The maximum Gasteiger partial charge on any atom is 0 e. The van der Waals surface area contributed by atoms with Crippen molar-refractivity contribution >= 4 is 43.1 Å². The largest absolute Gasteiger partial charge is 0.0985 e. The van der Waals surface area contributed by atoms with Gasteiger partial charge < -0.3 is 0 Å². The molecule has 5 aromatic rings. The summed E-state index contributed by atoms with van der Waals surface area (Å²) in [4.78, 5) is 0. The van der Waals surface area contributed by atoms with Gasteiger partial charge in [0.2, 0.25) is 0 Å². The SMILES string of the molecule is C=Cc1ccccc1.[Pd].c1ccc(P(CCCP(c2ccccc2)c2ccccc2)c2ccccc2)cc1. The van der Waals surface area contributed by atoms with E-state index in [0.29, 0.717) is 0 Å². The van der Waals surface area contributed by atoms with E-state index in [1.165, 1.54) is 45.5 Å². The standard InChI is InChI=1S/C27H26P2.C8H8.Pd/c1-5-14-24(15-6-1)28(25-16-7-2-8-17-25)22-13-23-29(26-18-9-3-10-19-26)27-20-11-4-12-21-27;1-2-8-6-4-3-5-7-8;/h1-12,14-21H,13,22-23H2;2-7H,1H2;. The van der Waals surface area contributed by atoms with Gasteiger partial charge in [0.15, 0.2) is 0 Å². The predicted molar refractivity (Wildman–Crippen MR) is 169 cm³/mol. The molecule has 0 bridgehead atoms. The first kappa shape index (κ1) is 29.9. The predicted octanol–water partition coefficient (Wildman–Crippen LogP) is 7.97. The van der Waals surface area contributed by atoms with E-state index in [1.54, 1.807) is 0 Å². The summed E-state index contributed by atoms with van der Waals surface area (Å²) in [6.45, 7) is 3.63. The van der Waals surface area contributed by atoms with Crippen LogP contribution in [0.1, 0.15) is 12.0 Å². The second kappa shape index (κ2) is 17.1. The van der Waals surface area contributed by atoms with Gasteiger partial charge in [0.05, 0.1) is 0 Å². The van der Waals surface area contributed by atoms with Crippen LogP contribution in [0.3, 0.4) is 0 Å². The molecule has 0 saturated heterocycles. The summed E-state index contributed by atoms with van der Waals surface area (Å²) in [5.41, 5.74) is 1.17. The first-order valence-electron chi connectivity index (χ1n) is 12.8. The van der Waals surface area contributed by atoms with Crippen molar-refractivity contribution < 1.29 is 20.4 Å². The fraction of sp³-hybridized carbons (Fsp3) is 0.0857. The minimum atomic E-state index is -0.309. The smallest absolute Gasteiger partial charge is 0 e. The average Bonchev–Trinajstić information content (AvgIpc) is 3.00. The molecule has 194 valence electrons. The molecular formula is C35H34P2Pd. The van der Waals surface area contributed by atoms with E-state index in [0.717, 1.165) is 0 Å². The van der Waals surface area contributed by atoms with Crippen molar-refractivity contribution in [3.05, 3.63) is 164 Å². The normalized spacial score (nSPS) is 10.3. The van der Waals surface area contributed by atoms with Gasteiger partial charge in [-0.25, -0.2) is 0 Å². The maximum absolute atomic E-state index is 3.63. The molecule has 3 heteroatoms. The third kappa shape index (κ3) is 9.28. The topological polar surface area (TPSA) is 0 Å². The van der Waals surface area contributed by atoms with Crippen molar-refractivity contribution in [2.24, 2.45) is 0 Å². The molecule has 5 aromatic carbocycles. The monoisotopic (exact) mass is 622 g/mol. The summed E-state index contributed by atoms with van der Waals surface area (Å²) >= 11 is 0. The number of rotatable bonds is 9. The van der Waals surface area contributed by atoms with Crippen LogP contribution in [0.5, 0.6) is 0 Å². The number of hydrogen-bond donors (Lipinski definition) is 0. The minimum Gasteiger partial charge on any atom is -0.0985 e. The maximum atomic E-state index is 3.63. The van der Waals surface area contributed by atoms with Crippen molar-refractivity contribution in [1.82, 2.24) is 0 Å². The van der Waals surface area contributed by atoms with Crippen molar-refractivity contribution in [2.75, 3.05) is 12.3 Å². The Bertz CT molecular complexity index is 1130. The molecule has 0 aromatic heterocycles. The van der Waals surface area contributed by atoms with E-state index < -0.39 is 0 Å². The van der Waals surface area contributed by atoms with Crippen LogP contribution in [0.25, 0.3) is 6.08 Å². The van der Waals surface area contributed by atoms with Gasteiger partial charge in [0.25, 0.3) is 0 Å². The van der Waals surface area contributed by atoms with Gasteiger partial charge in [-0.1, -0.05) is 164 Å². The Balaban J connectivity index is 0.000000382. The van der Waals surface area contributed by atoms with E-state index >= 15 is 0 Å². The Morgan fingerprint density at radius 1 is 0.421 bits per heavy atom. The van der Waals surface area contributed by atoms with Crippen LogP contribution in [-0.4, -0.2) is 12.3 Å². The Kier molecular flexibility index (Phi) is 13.4. The summed E-state index contributed by atoms with van der Waals surface area (Å²) in [5, 5.41) is 5.94. The van der Waals surface area contributed by atoms with E-state index in [4.69, 9.17) is 0 Å². The van der Waals surface area contributed by atoms with Crippen LogP contribution in [-0.2, 0) is 20.4 Å². The van der Waals surface area contributed by atoms with Gasteiger partial charge in [-0.05, 0) is 61.4 Å². The zero-order valence-electron chi connectivity index (χ0n) is 21.6. The molecule has 0 N–H and O–H groups in total. The van der Waals surface area contributed by atoms with Gasteiger partial charge >= 0.3 is 0 Å². The minimum absolute atomic E-state index is 0. The van der Waals surface area contributed by atoms with Crippen LogP contribution in [0, 0.1) is 0 Å². The molecule has 0 atom stereocenters. The molecule has 38 heavy (non-hydrogen) atoms. The number of hydrogen-bond acceptors (Lipinski definition) is 0. The zero-order chi connectivity index (χ0) is 25.5. The first-order valence-corrected chi connectivity index (χ1v) is 15.8. The first-order chi connectivity index (χ1) is 18.3. The van der Waals surface area contributed by atoms with Crippen LogP contribution < -0.4 is 21.2 Å². The second-order valence-corrected chi connectivity index (χ2v) is 13.3. The third-order valence-corrected chi connectivity index (χ3v) is 11.3. The molecule has 0 spiro atoms. The Morgan fingerprint density at radius 3 is 0.921 bits per heavy atom. The molecule has 0 nitrogen and oxygen atoms in total. The van der Waals surface area contributed by atoms with E-state index in [9.17, 15) is 0 Å². The van der Waals surface area contributed by atoms with Gasteiger partial charge in [-0.2, -0.15) is 0 Å². The van der Waals surface area contributed by atoms with E-state index in [-0.39, 0.29) is 36.3 Å². The summed E-state index contributed by atoms with van der Waals surface area (Å²) in [5.74, 6) is 0.